The summed E-state index contributed by atoms with van der Waals surface area (Å²) in [6.45, 7) is 4.28. The monoisotopic (exact) mass is 337 g/mol. The number of halogens is 1. The molecule has 0 unspecified atom stereocenters. The molecule has 0 saturated carbocycles. The van der Waals surface area contributed by atoms with E-state index in [1.807, 2.05) is 13.0 Å². The lowest BCUT2D eigenvalue weighted by molar-refractivity contribution is -0.117. The number of pyridine rings is 1. The van der Waals surface area contributed by atoms with Crippen molar-refractivity contribution in [3.8, 4) is 11.9 Å². The fourth-order valence-electron chi connectivity index (χ4n) is 1.50. The maximum atomic E-state index is 11.8. The summed E-state index contributed by atoms with van der Waals surface area (Å²) >= 11 is 3.33. The number of nitriles is 1. The minimum absolute atomic E-state index is 0.0559. The van der Waals surface area contributed by atoms with Crippen LogP contribution in [0.2, 0.25) is 0 Å². The first-order valence-corrected chi connectivity index (χ1v) is 6.93. The number of carbonyl (C=O) groups is 1. The fourth-order valence-corrected chi connectivity index (χ4v) is 2.00. The Morgan fingerprint density at radius 1 is 1.65 bits per heavy atom. The number of amides is 1. The highest BCUT2D eigenvalue weighted by atomic mass is 79.9. The SMILES string of the molecule is CCCNC(=O)/C(C#N)=C/c1cc(Br)c(OC)nc1C. The fraction of sp³-hybridized carbons (Fsp3) is 0.357. The lowest BCUT2D eigenvalue weighted by Crippen LogP contribution is -2.25. The number of rotatable bonds is 5. The molecular formula is C14H16BrN3O2. The van der Waals surface area contributed by atoms with E-state index >= 15 is 0 Å². The molecule has 0 aliphatic rings. The van der Waals surface area contributed by atoms with E-state index in [4.69, 9.17) is 10.00 Å². The first kappa shape index (κ1) is 16.2. The molecule has 0 bridgehead atoms. The highest BCUT2D eigenvalue weighted by Gasteiger charge is 2.11. The Labute approximate surface area is 126 Å². The number of hydrogen-bond donors (Lipinski definition) is 1. The van der Waals surface area contributed by atoms with Gasteiger partial charge in [0.25, 0.3) is 5.91 Å². The van der Waals surface area contributed by atoms with Crippen molar-refractivity contribution in [2.75, 3.05) is 13.7 Å². The maximum absolute atomic E-state index is 11.8. The third-order valence-electron chi connectivity index (χ3n) is 2.57. The maximum Gasteiger partial charge on any atom is 0.261 e. The molecule has 0 aromatic carbocycles. The molecule has 1 rings (SSSR count). The molecule has 1 N–H and O–H groups in total. The van der Waals surface area contributed by atoms with Crippen molar-refractivity contribution in [3.05, 3.63) is 27.4 Å². The smallest absolute Gasteiger partial charge is 0.261 e. The van der Waals surface area contributed by atoms with E-state index in [0.29, 0.717) is 28.2 Å². The molecule has 1 amide bonds. The second kappa shape index (κ2) is 7.65. The van der Waals surface area contributed by atoms with Gasteiger partial charge in [-0.05, 0) is 47.0 Å². The molecule has 0 aliphatic carbocycles. The molecule has 0 atom stereocenters. The van der Waals surface area contributed by atoms with Gasteiger partial charge in [0.05, 0.1) is 11.6 Å². The van der Waals surface area contributed by atoms with Crippen LogP contribution in [0.15, 0.2) is 16.1 Å². The van der Waals surface area contributed by atoms with Crippen LogP contribution in [0.25, 0.3) is 6.08 Å². The normalized spacial score (nSPS) is 10.8. The van der Waals surface area contributed by atoms with Crippen molar-refractivity contribution >= 4 is 27.9 Å². The van der Waals surface area contributed by atoms with Crippen molar-refractivity contribution in [3.63, 3.8) is 0 Å². The first-order chi connectivity index (χ1) is 9.53. The highest BCUT2D eigenvalue weighted by molar-refractivity contribution is 9.10. The average Bonchev–Trinajstić information content (AvgIpc) is 2.44. The number of aromatic nitrogens is 1. The van der Waals surface area contributed by atoms with E-state index in [2.05, 4.69) is 26.2 Å². The van der Waals surface area contributed by atoms with Gasteiger partial charge in [-0.25, -0.2) is 4.98 Å². The summed E-state index contributed by atoms with van der Waals surface area (Å²) in [6, 6.07) is 3.68. The van der Waals surface area contributed by atoms with Crippen molar-refractivity contribution < 1.29 is 9.53 Å². The minimum atomic E-state index is -0.374. The molecule has 0 radical (unpaired) electrons. The van der Waals surface area contributed by atoms with Crippen LogP contribution < -0.4 is 10.1 Å². The number of carbonyl (C=O) groups excluding carboxylic acids is 1. The Morgan fingerprint density at radius 3 is 2.90 bits per heavy atom. The molecule has 0 saturated heterocycles. The number of nitrogens with one attached hydrogen (secondary N) is 1. The number of hydrogen-bond acceptors (Lipinski definition) is 4. The number of methoxy groups -OCH3 is 1. The Bertz CT molecular complexity index is 577. The molecule has 1 heterocycles. The Balaban J connectivity index is 3.11. The molecule has 0 aliphatic heterocycles. The van der Waals surface area contributed by atoms with E-state index in [9.17, 15) is 4.79 Å². The second-order valence-corrected chi connectivity index (χ2v) is 4.93. The zero-order chi connectivity index (χ0) is 15.1. The van der Waals surface area contributed by atoms with Crippen LogP contribution in [0, 0.1) is 18.3 Å². The largest absolute Gasteiger partial charge is 0.480 e. The lowest BCUT2D eigenvalue weighted by Gasteiger charge is -2.07. The Kier molecular flexibility index (Phi) is 6.19. The van der Waals surface area contributed by atoms with Crippen LogP contribution in [0.1, 0.15) is 24.6 Å². The van der Waals surface area contributed by atoms with Crippen LogP contribution in [-0.2, 0) is 4.79 Å². The molecule has 0 spiro atoms. The van der Waals surface area contributed by atoms with Crippen molar-refractivity contribution in [1.82, 2.24) is 10.3 Å². The Hall–Kier alpha value is -1.87. The minimum Gasteiger partial charge on any atom is -0.480 e. The van der Waals surface area contributed by atoms with Crippen LogP contribution in [0.3, 0.4) is 0 Å². The van der Waals surface area contributed by atoms with E-state index in [-0.39, 0.29) is 11.5 Å². The summed E-state index contributed by atoms with van der Waals surface area (Å²) in [4.78, 5) is 16.0. The summed E-state index contributed by atoms with van der Waals surface area (Å²) < 4.78 is 5.76. The summed E-state index contributed by atoms with van der Waals surface area (Å²) in [5.74, 6) is 0.0919. The summed E-state index contributed by atoms with van der Waals surface area (Å²) in [5, 5.41) is 11.8. The van der Waals surface area contributed by atoms with E-state index < -0.39 is 0 Å². The van der Waals surface area contributed by atoms with Crippen LogP contribution in [0.4, 0.5) is 0 Å². The van der Waals surface area contributed by atoms with Gasteiger partial charge in [0.1, 0.15) is 11.6 Å². The first-order valence-electron chi connectivity index (χ1n) is 6.14. The van der Waals surface area contributed by atoms with Crippen LogP contribution in [0.5, 0.6) is 5.88 Å². The predicted octanol–water partition coefficient (Wildman–Crippen LogP) is 2.59. The van der Waals surface area contributed by atoms with Crippen molar-refractivity contribution in [2.24, 2.45) is 0 Å². The van der Waals surface area contributed by atoms with E-state index in [0.717, 1.165) is 6.42 Å². The van der Waals surface area contributed by atoms with Gasteiger partial charge in [-0.15, -0.1) is 0 Å². The molecule has 1 aromatic heterocycles. The number of aryl methyl sites for hydroxylation is 1. The van der Waals surface area contributed by atoms with Gasteiger partial charge in [-0.3, -0.25) is 4.79 Å². The van der Waals surface area contributed by atoms with Crippen molar-refractivity contribution in [2.45, 2.75) is 20.3 Å². The second-order valence-electron chi connectivity index (χ2n) is 4.08. The van der Waals surface area contributed by atoms with Gasteiger partial charge in [-0.1, -0.05) is 6.92 Å². The van der Waals surface area contributed by atoms with Crippen LogP contribution in [-0.4, -0.2) is 24.5 Å². The van der Waals surface area contributed by atoms with Gasteiger partial charge in [-0.2, -0.15) is 5.26 Å². The van der Waals surface area contributed by atoms with E-state index in [1.165, 1.54) is 13.2 Å². The topological polar surface area (TPSA) is 75.0 Å². The van der Waals surface area contributed by atoms with Gasteiger partial charge in [0.2, 0.25) is 5.88 Å². The third-order valence-corrected chi connectivity index (χ3v) is 3.14. The standard InChI is InChI=1S/C14H16BrN3O2/c1-4-5-17-13(19)11(8-16)6-10-7-12(15)14(20-3)18-9(10)2/h6-7H,4-5H2,1-3H3,(H,17,19)/b11-6+. The Morgan fingerprint density at radius 2 is 2.35 bits per heavy atom. The lowest BCUT2D eigenvalue weighted by atomic mass is 10.1. The summed E-state index contributed by atoms with van der Waals surface area (Å²) in [5.41, 5.74) is 1.43. The summed E-state index contributed by atoms with van der Waals surface area (Å²) in [6.07, 6.45) is 2.34. The molecule has 6 heteroatoms. The number of ether oxygens (including phenoxy) is 1. The van der Waals surface area contributed by atoms with Crippen molar-refractivity contribution in [1.29, 1.82) is 5.26 Å². The van der Waals surface area contributed by atoms with E-state index in [1.54, 1.807) is 13.0 Å². The average molecular weight is 338 g/mol. The van der Waals surface area contributed by atoms with Gasteiger partial charge in [0, 0.05) is 12.2 Å². The van der Waals surface area contributed by atoms with Gasteiger partial charge >= 0.3 is 0 Å². The predicted molar refractivity (Wildman–Crippen MR) is 80.1 cm³/mol. The molecule has 5 nitrogen and oxygen atoms in total. The quantitative estimate of drug-likeness (QED) is 0.661. The number of nitrogens with zero attached hydrogens (tertiary/aromatic N) is 2. The van der Waals surface area contributed by atoms with Gasteiger partial charge < -0.3 is 10.1 Å². The third kappa shape index (κ3) is 4.07. The van der Waals surface area contributed by atoms with Crippen LogP contribution >= 0.6 is 15.9 Å². The zero-order valence-corrected chi connectivity index (χ0v) is 13.2. The molecule has 0 fully saturated rings. The highest BCUT2D eigenvalue weighted by Crippen LogP contribution is 2.26. The molecule has 106 valence electrons. The zero-order valence-electron chi connectivity index (χ0n) is 11.7. The molecule has 1 aromatic rings. The molecular weight excluding hydrogens is 322 g/mol. The van der Waals surface area contributed by atoms with Gasteiger partial charge in [0.15, 0.2) is 0 Å². The summed E-state index contributed by atoms with van der Waals surface area (Å²) in [7, 11) is 1.53. The molecule has 20 heavy (non-hydrogen) atoms.